The number of halogens is 1. The molecule has 40 valence electrons. The van der Waals surface area contributed by atoms with E-state index in [2.05, 4.69) is 0 Å². The van der Waals surface area contributed by atoms with Gasteiger partial charge in [-0.15, -0.1) is 0 Å². The molecule has 0 aliphatic rings. The summed E-state index contributed by atoms with van der Waals surface area (Å²) in [6.45, 7) is 0. The summed E-state index contributed by atoms with van der Waals surface area (Å²) >= 11 is -5.75. The van der Waals surface area contributed by atoms with Crippen molar-refractivity contribution in [3.63, 3.8) is 0 Å². The van der Waals surface area contributed by atoms with Gasteiger partial charge in [0.2, 0.25) is 0 Å². The zero-order valence-corrected chi connectivity index (χ0v) is 16.8. The number of hydrogen-bond acceptors (Lipinski definition) is 4. The van der Waals surface area contributed by atoms with Gasteiger partial charge in [-0.1, -0.05) is 0 Å². The van der Waals surface area contributed by atoms with Gasteiger partial charge in [-0.3, -0.25) is 0 Å². The summed E-state index contributed by atoms with van der Waals surface area (Å²) in [6.07, 6.45) is 0. The molecule has 0 aromatic heterocycles. The van der Waals surface area contributed by atoms with Crippen LogP contribution in [0.3, 0.4) is 0 Å². The van der Waals surface area contributed by atoms with E-state index in [4.69, 9.17) is 15.9 Å². The van der Waals surface area contributed by atoms with Gasteiger partial charge in [0.25, 0.3) is 0 Å². The molecule has 0 unspecified atom stereocenters. The second-order valence-electron chi connectivity index (χ2n) is 0.408. The van der Waals surface area contributed by atoms with Crippen LogP contribution in [0, 0.1) is 0 Å². The normalized spacial score (nSPS) is 6.44. The molecule has 0 aromatic rings. The Hall–Kier alpha value is 5.25. The van der Waals surface area contributed by atoms with E-state index in [-0.39, 0.29) is 167 Å². The van der Waals surface area contributed by atoms with Crippen molar-refractivity contribution in [1.82, 2.24) is 0 Å². The fourth-order valence-corrected chi connectivity index (χ4v) is 0. The van der Waals surface area contributed by atoms with E-state index in [1.165, 1.54) is 0 Å². The van der Waals surface area contributed by atoms with Gasteiger partial charge in [-0.05, 0) is 0 Å². The van der Waals surface area contributed by atoms with Gasteiger partial charge in [-0.2, -0.15) is 0 Å². The third-order valence-electron chi connectivity index (χ3n) is 0. The first-order valence-corrected chi connectivity index (χ1v) is 2.75. The van der Waals surface area contributed by atoms with Gasteiger partial charge >= 0.3 is 184 Å². The molecule has 0 amide bonds. The molecule has 0 spiro atoms. The Morgan fingerprint density at radius 3 is 0.889 bits per heavy atom. The summed E-state index contributed by atoms with van der Waals surface area (Å²) < 4.78 is 34.4. The van der Waals surface area contributed by atoms with Crippen molar-refractivity contribution in [3.05, 3.63) is 0 Å². The average molecular weight is 269 g/mol. The van der Waals surface area contributed by atoms with Crippen LogP contribution in [0.1, 0.15) is 0 Å². The third-order valence-corrected chi connectivity index (χ3v) is 0. The molecule has 0 radical (unpaired) electrons. The Balaban J connectivity index is -0.0000000133. The maximum absolute atomic E-state index is 8.59. The Morgan fingerprint density at radius 2 is 0.889 bits per heavy atom. The molecule has 0 aliphatic carbocycles. The van der Waals surface area contributed by atoms with Crippen molar-refractivity contribution >= 4 is 0 Å². The predicted molar refractivity (Wildman–Crippen MR) is 1.37 cm³/mol. The Morgan fingerprint density at radius 1 is 0.889 bits per heavy atom. The Bertz CT molecular complexity index is 99.0. The van der Waals surface area contributed by atoms with E-state index < -0.39 is 13.6 Å². The minimum atomic E-state index is -5.75. The van der Waals surface area contributed by atoms with Crippen molar-refractivity contribution in [3.8, 4) is 0 Å². The summed E-state index contributed by atoms with van der Waals surface area (Å²) in [7, 11) is 0. The van der Waals surface area contributed by atoms with Gasteiger partial charge in [-0.25, -0.2) is 0 Å². The fourth-order valence-electron chi connectivity index (χ4n) is 0. The molecule has 0 N–H and O–H groups in total. The molecule has 0 atom stereocenters. The van der Waals surface area contributed by atoms with Crippen molar-refractivity contribution < 1.29 is 196 Å². The molecule has 0 rings (SSSR count). The molecule has 0 aliphatic heterocycles. The minimum absolute atomic E-state index is 0. The van der Waals surface area contributed by atoms with E-state index in [0.29, 0.717) is 0 Å². The van der Waals surface area contributed by atoms with E-state index >= 15 is 0 Å². The molecular weight excluding hydrogens is 269 g/mol. The van der Waals surface area contributed by atoms with E-state index in [1.807, 2.05) is 0 Å². The van der Waals surface area contributed by atoms with Crippen LogP contribution >= 0.6 is 0 Å². The van der Waals surface area contributed by atoms with Crippen LogP contribution in [-0.2, 0) is 21.2 Å². The zero-order valence-electron chi connectivity index (χ0n) is 5.42. The van der Waals surface area contributed by atoms with E-state index in [1.54, 1.807) is 0 Å². The molecule has 0 fully saturated rings. The first kappa shape index (κ1) is 29.2. The standard InChI is InChI=1S/ClH.Cr.3K.4O/h1H;;;;;;;;/q;;3*+1;;;2*-1/p-1. The van der Waals surface area contributed by atoms with Crippen LogP contribution in [-0.4, -0.2) is 0 Å². The van der Waals surface area contributed by atoms with E-state index in [9.17, 15) is 0 Å². The van der Waals surface area contributed by atoms with Gasteiger partial charge in [0.15, 0.2) is 0 Å². The molecule has 0 heterocycles. The maximum atomic E-state index is 8.59. The summed E-state index contributed by atoms with van der Waals surface area (Å²) in [5, 5.41) is 0. The van der Waals surface area contributed by atoms with Crippen LogP contribution in [0.4, 0.5) is 0 Å². The second kappa shape index (κ2) is 15.7. The van der Waals surface area contributed by atoms with Crippen molar-refractivity contribution in [2.45, 2.75) is 0 Å². The van der Waals surface area contributed by atoms with Crippen molar-refractivity contribution in [2.24, 2.45) is 0 Å². The monoisotopic (exact) mass is 268 g/mol. The van der Waals surface area contributed by atoms with Crippen LogP contribution in [0.2, 0.25) is 0 Å². The van der Waals surface area contributed by atoms with Crippen molar-refractivity contribution in [1.29, 1.82) is 0 Å². The summed E-state index contributed by atoms with van der Waals surface area (Å²) in [5.41, 5.74) is 0. The van der Waals surface area contributed by atoms with Gasteiger partial charge in [0.05, 0.1) is 0 Å². The molecular formula is ClCrK3O4. The molecule has 0 saturated heterocycles. The second-order valence-corrected chi connectivity index (χ2v) is 1.68. The SMILES string of the molecule is [Cl-].[K+].[K+].[K+].[O]=[Cr](=[O])([O-])[O-]. The van der Waals surface area contributed by atoms with Gasteiger partial charge in [0, 0.05) is 0 Å². The quantitative estimate of drug-likeness (QED) is 0.409. The molecule has 4 nitrogen and oxygen atoms in total. The topological polar surface area (TPSA) is 80.3 Å². The van der Waals surface area contributed by atoms with Gasteiger partial charge < -0.3 is 12.4 Å². The van der Waals surface area contributed by atoms with Gasteiger partial charge in [0.1, 0.15) is 0 Å². The summed E-state index contributed by atoms with van der Waals surface area (Å²) in [6, 6.07) is 0. The van der Waals surface area contributed by atoms with Crippen LogP contribution in [0.5, 0.6) is 0 Å². The fraction of sp³-hybridized carbons (Fsp3) is 0. The molecule has 0 saturated carbocycles. The first-order chi connectivity index (χ1) is 2.00. The molecule has 9 heteroatoms. The molecule has 0 bridgehead atoms. The molecule has 0 aromatic carbocycles. The Kier molecular flexibility index (Phi) is 51.0. The number of hydrogen-bond donors (Lipinski definition) is 0. The predicted octanol–water partition coefficient (Wildman–Crippen LogP) is -14.6. The summed E-state index contributed by atoms with van der Waals surface area (Å²) in [4.78, 5) is 0. The van der Waals surface area contributed by atoms with Crippen molar-refractivity contribution in [2.75, 3.05) is 0 Å². The van der Waals surface area contributed by atoms with E-state index in [0.717, 1.165) is 0 Å². The zero-order chi connectivity index (χ0) is 4.50. The van der Waals surface area contributed by atoms with Crippen LogP contribution in [0.25, 0.3) is 0 Å². The Labute approximate surface area is 189 Å². The van der Waals surface area contributed by atoms with Crippen LogP contribution in [0.15, 0.2) is 0 Å². The summed E-state index contributed by atoms with van der Waals surface area (Å²) in [5.74, 6) is 0. The molecule has 9 heavy (non-hydrogen) atoms. The van der Waals surface area contributed by atoms with Crippen LogP contribution < -0.4 is 175 Å². The average Bonchev–Trinajstić information content (AvgIpc) is 0.722. The number of rotatable bonds is 0. The first-order valence-electron chi connectivity index (χ1n) is 0.667. The third kappa shape index (κ3) is 60.8.